The van der Waals surface area contributed by atoms with Crippen molar-refractivity contribution in [1.29, 1.82) is 0 Å². The van der Waals surface area contributed by atoms with Gasteiger partial charge in [-0.15, -0.1) is 0 Å². The SMILES string of the molecule is CCCCC(C)NCc1ccc(O)c(Br)c1. The van der Waals surface area contributed by atoms with E-state index in [-0.39, 0.29) is 0 Å². The van der Waals surface area contributed by atoms with E-state index in [0.717, 1.165) is 11.0 Å². The first-order chi connectivity index (χ1) is 7.63. The molecule has 0 aliphatic heterocycles. The van der Waals surface area contributed by atoms with Gasteiger partial charge in [-0.3, -0.25) is 0 Å². The number of hydrogen-bond donors (Lipinski definition) is 2. The van der Waals surface area contributed by atoms with Gasteiger partial charge in [0, 0.05) is 12.6 Å². The largest absolute Gasteiger partial charge is 0.507 e. The number of rotatable bonds is 6. The van der Waals surface area contributed by atoms with Crippen LogP contribution in [0.1, 0.15) is 38.7 Å². The fourth-order valence-corrected chi connectivity index (χ4v) is 1.99. The first-order valence-corrected chi connectivity index (χ1v) is 6.63. The van der Waals surface area contributed by atoms with Gasteiger partial charge in [-0.2, -0.15) is 0 Å². The molecule has 2 nitrogen and oxygen atoms in total. The lowest BCUT2D eigenvalue weighted by Crippen LogP contribution is -2.25. The summed E-state index contributed by atoms with van der Waals surface area (Å²) >= 11 is 3.32. The van der Waals surface area contributed by atoms with Gasteiger partial charge in [0.25, 0.3) is 0 Å². The van der Waals surface area contributed by atoms with Crippen molar-refractivity contribution < 1.29 is 5.11 Å². The molecule has 2 N–H and O–H groups in total. The molecule has 1 aromatic carbocycles. The third kappa shape index (κ3) is 4.54. The quantitative estimate of drug-likeness (QED) is 0.833. The molecule has 1 unspecified atom stereocenters. The predicted octanol–water partition coefficient (Wildman–Crippen LogP) is 3.82. The Morgan fingerprint density at radius 2 is 2.19 bits per heavy atom. The molecule has 1 rings (SSSR count). The Hall–Kier alpha value is -0.540. The lowest BCUT2D eigenvalue weighted by Gasteiger charge is -2.13. The second-order valence-electron chi connectivity index (χ2n) is 4.21. The second-order valence-corrected chi connectivity index (χ2v) is 5.06. The summed E-state index contributed by atoms with van der Waals surface area (Å²) in [6.45, 7) is 5.28. The number of hydrogen-bond acceptors (Lipinski definition) is 2. The van der Waals surface area contributed by atoms with Crippen LogP contribution >= 0.6 is 15.9 Å². The maximum Gasteiger partial charge on any atom is 0.129 e. The smallest absolute Gasteiger partial charge is 0.129 e. The molecule has 0 radical (unpaired) electrons. The molecule has 0 aliphatic carbocycles. The lowest BCUT2D eigenvalue weighted by molar-refractivity contribution is 0.470. The van der Waals surface area contributed by atoms with E-state index in [1.165, 1.54) is 24.8 Å². The number of unbranched alkanes of at least 4 members (excludes halogenated alkanes) is 1. The topological polar surface area (TPSA) is 32.3 Å². The lowest BCUT2D eigenvalue weighted by atomic mass is 10.1. The first kappa shape index (κ1) is 13.5. The van der Waals surface area contributed by atoms with Crippen LogP contribution in [0.5, 0.6) is 5.75 Å². The van der Waals surface area contributed by atoms with Crippen LogP contribution in [0, 0.1) is 0 Å². The van der Waals surface area contributed by atoms with Gasteiger partial charge in [0.05, 0.1) is 4.47 Å². The predicted molar refractivity (Wildman–Crippen MR) is 71.6 cm³/mol. The molecule has 3 heteroatoms. The first-order valence-electron chi connectivity index (χ1n) is 5.84. The summed E-state index contributed by atoms with van der Waals surface area (Å²) < 4.78 is 0.757. The number of benzene rings is 1. The third-order valence-corrected chi connectivity index (χ3v) is 3.29. The van der Waals surface area contributed by atoms with Crippen LogP contribution in [0.4, 0.5) is 0 Å². The summed E-state index contributed by atoms with van der Waals surface area (Å²) in [5.41, 5.74) is 1.19. The highest BCUT2D eigenvalue weighted by atomic mass is 79.9. The number of phenols is 1. The van der Waals surface area contributed by atoms with Crippen LogP contribution < -0.4 is 5.32 Å². The van der Waals surface area contributed by atoms with Crippen LogP contribution in [-0.2, 0) is 6.54 Å². The molecule has 0 saturated heterocycles. The maximum atomic E-state index is 9.37. The fraction of sp³-hybridized carbons (Fsp3) is 0.538. The van der Waals surface area contributed by atoms with Crippen molar-refractivity contribution in [2.24, 2.45) is 0 Å². The highest BCUT2D eigenvalue weighted by Gasteiger charge is 2.02. The highest BCUT2D eigenvalue weighted by Crippen LogP contribution is 2.24. The van der Waals surface area contributed by atoms with Gasteiger partial charge in [0.1, 0.15) is 5.75 Å². The van der Waals surface area contributed by atoms with Crippen molar-refractivity contribution in [3.8, 4) is 5.75 Å². The van der Waals surface area contributed by atoms with E-state index in [9.17, 15) is 5.11 Å². The minimum atomic E-state index is 0.294. The van der Waals surface area contributed by atoms with Gasteiger partial charge in [-0.1, -0.05) is 25.8 Å². The third-order valence-electron chi connectivity index (χ3n) is 2.66. The Morgan fingerprint density at radius 3 is 2.81 bits per heavy atom. The minimum absolute atomic E-state index is 0.294. The van der Waals surface area contributed by atoms with Gasteiger partial charge >= 0.3 is 0 Å². The molecule has 16 heavy (non-hydrogen) atoms. The molecule has 0 aliphatic rings. The molecule has 0 amide bonds. The van der Waals surface area contributed by atoms with E-state index < -0.39 is 0 Å². The molecule has 1 atom stereocenters. The van der Waals surface area contributed by atoms with E-state index in [2.05, 4.69) is 35.1 Å². The van der Waals surface area contributed by atoms with Gasteiger partial charge in [0.15, 0.2) is 0 Å². The van der Waals surface area contributed by atoms with Gasteiger partial charge in [0.2, 0.25) is 0 Å². The zero-order valence-corrected chi connectivity index (χ0v) is 11.5. The molecular weight excluding hydrogens is 266 g/mol. The van der Waals surface area contributed by atoms with Crippen molar-refractivity contribution >= 4 is 15.9 Å². The molecule has 0 fully saturated rings. The monoisotopic (exact) mass is 285 g/mol. The van der Waals surface area contributed by atoms with Crippen LogP contribution in [0.15, 0.2) is 22.7 Å². The Kier molecular flexibility index (Phi) is 5.85. The maximum absolute atomic E-state index is 9.37. The number of halogens is 1. The standard InChI is InChI=1S/C13H20BrNO/c1-3-4-5-10(2)15-9-11-6-7-13(16)12(14)8-11/h6-8,10,15-16H,3-5,9H2,1-2H3. The van der Waals surface area contributed by atoms with E-state index >= 15 is 0 Å². The zero-order valence-electron chi connectivity index (χ0n) is 9.96. The van der Waals surface area contributed by atoms with Crippen molar-refractivity contribution in [2.75, 3.05) is 0 Å². The summed E-state index contributed by atoms with van der Waals surface area (Å²) in [6, 6.07) is 6.17. The average Bonchev–Trinajstić information content (AvgIpc) is 2.28. The molecular formula is C13H20BrNO. The zero-order chi connectivity index (χ0) is 12.0. The van der Waals surface area contributed by atoms with Crippen molar-refractivity contribution in [3.63, 3.8) is 0 Å². The van der Waals surface area contributed by atoms with E-state index in [1.54, 1.807) is 6.07 Å². The van der Waals surface area contributed by atoms with E-state index in [0.29, 0.717) is 11.8 Å². The van der Waals surface area contributed by atoms with Crippen LogP contribution in [0.3, 0.4) is 0 Å². The van der Waals surface area contributed by atoms with Crippen molar-refractivity contribution in [3.05, 3.63) is 28.2 Å². The summed E-state index contributed by atoms with van der Waals surface area (Å²) in [6.07, 6.45) is 3.74. The van der Waals surface area contributed by atoms with Gasteiger partial charge in [-0.05, 0) is 47.0 Å². The Labute approximate surface area is 106 Å². The summed E-state index contributed by atoms with van der Waals surface area (Å²) in [7, 11) is 0. The molecule has 0 heterocycles. The van der Waals surface area contributed by atoms with E-state index in [4.69, 9.17) is 0 Å². The summed E-state index contributed by atoms with van der Waals surface area (Å²) in [5.74, 6) is 0.294. The normalized spacial score (nSPS) is 12.7. The summed E-state index contributed by atoms with van der Waals surface area (Å²) in [5, 5.41) is 12.8. The van der Waals surface area contributed by atoms with Crippen LogP contribution in [0.25, 0.3) is 0 Å². The van der Waals surface area contributed by atoms with Crippen molar-refractivity contribution in [1.82, 2.24) is 5.32 Å². The molecule has 1 aromatic rings. The van der Waals surface area contributed by atoms with Crippen molar-refractivity contribution in [2.45, 2.75) is 45.7 Å². The Morgan fingerprint density at radius 1 is 1.44 bits per heavy atom. The Balaban J connectivity index is 2.39. The Bertz CT molecular complexity index is 328. The average molecular weight is 286 g/mol. The molecule has 0 spiro atoms. The number of nitrogens with one attached hydrogen (secondary N) is 1. The van der Waals surface area contributed by atoms with E-state index in [1.807, 2.05) is 12.1 Å². The highest BCUT2D eigenvalue weighted by molar-refractivity contribution is 9.10. The van der Waals surface area contributed by atoms with Gasteiger partial charge in [-0.25, -0.2) is 0 Å². The summed E-state index contributed by atoms with van der Waals surface area (Å²) in [4.78, 5) is 0. The minimum Gasteiger partial charge on any atom is -0.507 e. The number of aromatic hydroxyl groups is 1. The number of phenolic OH excluding ortho intramolecular Hbond substituents is 1. The fourth-order valence-electron chi connectivity index (χ4n) is 1.56. The van der Waals surface area contributed by atoms with Crippen LogP contribution in [-0.4, -0.2) is 11.1 Å². The molecule has 0 saturated carbocycles. The molecule has 90 valence electrons. The van der Waals surface area contributed by atoms with Crippen LogP contribution in [0.2, 0.25) is 0 Å². The molecule has 0 aromatic heterocycles. The second kappa shape index (κ2) is 6.92. The van der Waals surface area contributed by atoms with Gasteiger partial charge < -0.3 is 10.4 Å². The molecule has 0 bridgehead atoms.